The maximum Gasteiger partial charge on any atom is 0.416 e. The first-order valence-electron chi connectivity index (χ1n) is 6.66. The predicted molar refractivity (Wildman–Crippen MR) is 77.8 cm³/mol. The van der Waals surface area contributed by atoms with E-state index in [2.05, 4.69) is 6.58 Å². The molecule has 0 spiro atoms. The van der Waals surface area contributed by atoms with Gasteiger partial charge in [-0.3, -0.25) is 9.69 Å². The first-order chi connectivity index (χ1) is 9.85. The Kier molecular flexibility index (Phi) is 5.76. The van der Waals surface area contributed by atoms with Crippen LogP contribution in [0.15, 0.2) is 48.7 Å². The highest BCUT2D eigenvalue weighted by molar-refractivity contribution is 5.96. The van der Waals surface area contributed by atoms with Gasteiger partial charge in [0.05, 0.1) is 5.56 Å². The molecule has 0 saturated heterocycles. The SMILES string of the molecule is C=C/C=C(\CC)N(C(=O)CC)c1ccc(C(F)(F)F)cc1. The molecule has 2 nitrogen and oxygen atoms in total. The van der Waals surface area contributed by atoms with Gasteiger partial charge >= 0.3 is 6.18 Å². The number of hydrogen-bond donors (Lipinski definition) is 0. The number of hydrogen-bond acceptors (Lipinski definition) is 1. The van der Waals surface area contributed by atoms with Crippen molar-refractivity contribution >= 4 is 11.6 Å². The Balaban J connectivity index is 3.24. The van der Waals surface area contributed by atoms with Gasteiger partial charge in [-0.1, -0.05) is 26.5 Å². The van der Waals surface area contributed by atoms with Crippen LogP contribution < -0.4 is 4.90 Å². The number of anilines is 1. The highest BCUT2D eigenvalue weighted by Crippen LogP contribution is 2.31. The zero-order valence-electron chi connectivity index (χ0n) is 12.1. The quantitative estimate of drug-likeness (QED) is 0.706. The van der Waals surface area contributed by atoms with Crippen molar-refractivity contribution in [1.29, 1.82) is 0 Å². The Labute approximate surface area is 122 Å². The zero-order valence-corrected chi connectivity index (χ0v) is 12.1. The Morgan fingerprint density at radius 2 is 1.76 bits per heavy atom. The van der Waals surface area contributed by atoms with Crippen LogP contribution in [0.4, 0.5) is 18.9 Å². The van der Waals surface area contributed by atoms with E-state index in [1.807, 2.05) is 6.92 Å². The van der Waals surface area contributed by atoms with Gasteiger partial charge in [0.15, 0.2) is 0 Å². The lowest BCUT2D eigenvalue weighted by atomic mass is 10.1. The van der Waals surface area contributed by atoms with Gasteiger partial charge in [0, 0.05) is 17.8 Å². The summed E-state index contributed by atoms with van der Waals surface area (Å²) in [5, 5.41) is 0. The summed E-state index contributed by atoms with van der Waals surface area (Å²) < 4.78 is 37.8. The van der Waals surface area contributed by atoms with E-state index in [0.717, 1.165) is 12.1 Å². The van der Waals surface area contributed by atoms with E-state index in [4.69, 9.17) is 0 Å². The van der Waals surface area contributed by atoms with Gasteiger partial charge in [-0.05, 0) is 36.8 Å². The zero-order chi connectivity index (χ0) is 16.0. The molecule has 0 N–H and O–H groups in total. The fraction of sp³-hybridized carbons (Fsp3) is 0.312. The molecule has 114 valence electrons. The third-order valence-corrected chi connectivity index (χ3v) is 2.96. The summed E-state index contributed by atoms with van der Waals surface area (Å²) in [6.45, 7) is 7.17. The van der Waals surface area contributed by atoms with Gasteiger partial charge in [0.1, 0.15) is 0 Å². The van der Waals surface area contributed by atoms with Crippen LogP contribution in [-0.4, -0.2) is 5.91 Å². The number of benzene rings is 1. The van der Waals surface area contributed by atoms with Crippen LogP contribution in [-0.2, 0) is 11.0 Å². The number of carbonyl (C=O) groups excluding carboxylic acids is 1. The minimum atomic E-state index is -4.39. The summed E-state index contributed by atoms with van der Waals surface area (Å²) in [4.78, 5) is 13.5. The van der Waals surface area contributed by atoms with Crippen molar-refractivity contribution in [3.8, 4) is 0 Å². The highest BCUT2D eigenvalue weighted by atomic mass is 19.4. The normalized spacial score (nSPS) is 12.1. The summed E-state index contributed by atoms with van der Waals surface area (Å²) in [6.07, 6.45) is -0.318. The fourth-order valence-corrected chi connectivity index (χ4v) is 1.91. The van der Waals surface area contributed by atoms with Crippen LogP contribution in [0.3, 0.4) is 0 Å². The van der Waals surface area contributed by atoms with Crippen molar-refractivity contribution in [2.75, 3.05) is 4.90 Å². The number of rotatable bonds is 5. The molecule has 0 bridgehead atoms. The van der Waals surface area contributed by atoms with Crippen LogP contribution >= 0.6 is 0 Å². The summed E-state index contributed by atoms with van der Waals surface area (Å²) in [6, 6.07) is 4.57. The summed E-state index contributed by atoms with van der Waals surface area (Å²) in [7, 11) is 0. The van der Waals surface area contributed by atoms with E-state index in [0.29, 0.717) is 17.8 Å². The lowest BCUT2D eigenvalue weighted by molar-refractivity contribution is -0.137. The third kappa shape index (κ3) is 4.21. The van der Waals surface area contributed by atoms with Crippen molar-refractivity contribution in [3.05, 3.63) is 54.3 Å². The first kappa shape index (κ1) is 17.0. The van der Waals surface area contributed by atoms with E-state index < -0.39 is 11.7 Å². The second-order valence-corrected chi connectivity index (χ2v) is 4.37. The summed E-state index contributed by atoms with van der Waals surface area (Å²) >= 11 is 0. The molecule has 0 saturated carbocycles. The average Bonchev–Trinajstić information content (AvgIpc) is 2.46. The smallest absolute Gasteiger partial charge is 0.285 e. The minimum Gasteiger partial charge on any atom is -0.285 e. The molecule has 0 atom stereocenters. The Hall–Kier alpha value is -2.04. The molecule has 0 aliphatic rings. The van der Waals surface area contributed by atoms with E-state index in [9.17, 15) is 18.0 Å². The van der Waals surface area contributed by atoms with Crippen molar-refractivity contribution in [2.45, 2.75) is 32.9 Å². The van der Waals surface area contributed by atoms with Crippen LogP contribution in [0, 0.1) is 0 Å². The topological polar surface area (TPSA) is 20.3 Å². The fourth-order valence-electron chi connectivity index (χ4n) is 1.91. The number of carbonyl (C=O) groups is 1. The molecule has 0 aliphatic carbocycles. The number of amides is 1. The predicted octanol–water partition coefficient (Wildman–Crippen LogP) is 4.93. The molecule has 1 aromatic carbocycles. The summed E-state index contributed by atoms with van der Waals surface area (Å²) in [5.74, 6) is -0.176. The van der Waals surface area contributed by atoms with Crippen molar-refractivity contribution in [1.82, 2.24) is 0 Å². The standard InChI is InChI=1S/C16H18F3NO/c1-4-7-13(5-2)20(15(21)6-3)14-10-8-12(9-11-14)16(17,18)19/h4,7-11H,1,5-6H2,2-3H3/b13-7+. The molecule has 0 aromatic heterocycles. The molecule has 0 heterocycles. The number of halogens is 3. The molecule has 1 aromatic rings. The van der Waals surface area contributed by atoms with E-state index >= 15 is 0 Å². The average molecular weight is 297 g/mol. The number of nitrogens with zero attached hydrogens (tertiary/aromatic N) is 1. The minimum absolute atomic E-state index is 0.176. The van der Waals surface area contributed by atoms with Gasteiger partial charge < -0.3 is 0 Å². The first-order valence-corrected chi connectivity index (χ1v) is 6.66. The van der Waals surface area contributed by atoms with E-state index in [1.165, 1.54) is 17.0 Å². The van der Waals surface area contributed by atoms with Gasteiger partial charge in [-0.25, -0.2) is 0 Å². The largest absolute Gasteiger partial charge is 0.416 e. The van der Waals surface area contributed by atoms with Crippen LogP contribution in [0.5, 0.6) is 0 Å². The van der Waals surface area contributed by atoms with Crippen LogP contribution in [0.25, 0.3) is 0 Å². The molecular weight excluding hydrogens is 279 g/mol. The van der Waals surface area contributed by atoms with Crippen molar-refractivity contribution in [3.63, 3.8) is 0 Å². The lowest BCUT2D eigenvalue weighted by Crippen LogP contribution is -2.29. The maximum atomic E-state index is 12.6. The number of alkyl halides is 3. The highest BCUT2D eigenvalue weighted by Gasteiger charge is 2.30. The molecule has 0 aliphatic heterocycles. The Bertz CT molecular complexity index is 529. The molecule has 0 unspecified atom stereocenters. The number of allylic oxidation sites excluding steroid dienone is 3. The molecule has 1 amide bonds. The molecular formula is C16H18F3NO. The van der Waals surface area contributed by atoms with Gasteiger partial charge in [0.2, 0.25) is 5.91 Å². The van der Waals surface area contributed by atoms with E-state index in [-0.39, 0.29) is 12.3 Å². The lowest BCUT2D eigenvalue weighted by Gasteiger charge is -2.25. The van der Waals surface area contributed by atoms with Gasteiger partial charge in [-0.2, -0.15) is 13.2 Å². The molecule has 0 fully saturated rings. The van der Waals surface area contributed by atoms with Gasteiger partial charge in [0.25, 0.3) is 0 Å². The third-order valence-electron chi connectivity index (χ3n) is 2.96. The van der Waals surface area contributed by atoms with Crippen molar-refractivity contribution < 1.29 is 18.0 Å². The van der Waals surface area contributed by atoms with Crippen molar-refractivity contribution in [2.24, 2.45) is 0 Å². The maximum absolute atomic E-state index is 12.6. The monoisotopic (exact) mass is 297 g/mol. The molecule has 0 radical (unpaired) electrons. The Morgan fingerprint density at radius 1 is 1.19 bits per heavy atom. The van der Waals surface area contributed by atoms with Crippen LogP contribution in [0.2, 0.25) is 0 Å². The molecule has 21 heavy (non-hydrogen) atoms. The van der Waals surface area contributed by atoms with Gasteiger partial charge in [-0.15, -0.1) is 0 Å². The molecule has 5 heteroatoms. The summed E-state index contributed by atoms with van der Waals surface area (Å²) in [5.41, 5.74) is 0.377. The second-order valence-electron chi connectivity index (χ2n) is 4.37. The Morgan fingerprint density at radius 3 is 2.14 bits per heavy atom. The second kappa shape index (κ2) is 7.11. The van der Waals surface area contributed by atoms with E-state index in [1.54, 1.807) is 19.1 Å². The molecule has 1 rings (SSSR count). The van der Waals surface area contributed by atoms with Crippen LogP contribution in [0.1, 0.15) is 32.3 Å².